The number of H-pyrrole nitrogens is 1. The minimum atomic E-state index is -1.40. The summed E-state index contributed by atoms with van der Waals surface area (Å²) in [7, 11) is 3.15. The Kier molecular flexibility index (Phi) is 6.27. The van der Waals surface area contributed by atoms with Gasteiger partial charge >= 0.3 is 5.69 Å². The third-order valence-corrected chi connectivity index (χ3v) is 5.24. The molecule has 0 saturated carbocycles. The average Bonchev–Trinajstić information content (AvgIpc) is 3.18. The van der Waals surface area contributed by atoms with Crippen molar-refractivity contribution in [2.45, 2.75) is 19.3 Å². The number of aliphatic hydroxyl groups is 1. The second-order valence-corrected chi connectivity index (χ2v) is 7.48. The lowest BCUT2D eigenvalue weighted by molar-refractivity contribution is 0.121. The number of fused-ring (bicyclic) bond motifs is 1. The number of imidazole rings is 1. The molecule has 0 aliphatic heterocycles. The van der Waals surface area contributed by atoms with E-state index >= 15 is 0 Å². The van der Waals surface area contributed by atoms with Gasteiger partial charge in [-0.05, 0) is 23.8 Å². The number of alkyl halides is 1. The second-order valence-electron chi connectivity index (χ2n) is 7.48. The van der Waals surface area contributed by atoms with E-state index in [1.54, 1.807) is 25.2 Å². The van der Waals surface area contributed by atoms with E-state index in [1.165, 1.54) is 11.7 Å². The predicted octanol–water partition coefficient (Wildman–Crippen LogP) is 2.01. The van der Waals surface area contributed by atoms with Gasteiger partial charge in [-0.25, -0.2) is 14.2 Å². The van der Waals surface area contributed by atoms with Crippen molar-refractivity contribution in [1.82, 2.24) is 19.1 Å². The minimum absolute atomic E-state index is 0.0529. The van der Waals surface area contributed by atoms with Crippen LogP contribution >= 0.6 is 0 Å². The number of ether oxygens (including phenoxy) is 2. The first-order valence-corrected chi connectivity index (χ1v) is 10.2. The van der Waals surface area contributed by atoms with Crippen molar-refractivity contribution in [3.05, 3.63) is 74.9 Å². The molecule has 33 heavy (non-hydrogen) atoms. The molecule has 0 saturated heterocycles. The van der Waals surface area contributed by atoms with Gasteiger partial charge in [0.25, 0.3) is 5.56 Å². The summed E-state index contributed by atoms with van der Waals surface area (Å²) in [6, 6.07) is 14.9. The van der Waals surface area contributed by atoms with Gasteiger partial charge < -0.3 is 19.1 Å². The van der Waals surface area contributed by atoms with Crippen LogP contribution in [-0.2, 0) is 20.2 Å². The van der Waals surface area contributed by atoms with Crippen LogP contribution in [0.25, 0.3) is 22.6 Å². The molecule has 0 aliphatic carbocycles. The molecule has 172 valence electrons. The average molecular weight is 454 g/mol. The number of nitrogens with zero attached hydrogens (tertiary/aromatic N) is 3. The number of rotatable bonds is 8. The summed E-state index contributed by atoms with van der Waals surface area (Å²) >= 11 is 0. The topological polar surface area (TPSA) is 111 Å². The molecule has 4 rings (SSSR count). The number of methoxy groups -OCH3 is 1. The van der Waals surface area contributed by atoms with Crippen LogP contribution in [0.5, 0.6) is 11.5 Å². The fourth-order valence-electron chi connectivity index (χ4n) is 3.59. The van der Waals surface area contributed by atoms with Crippen molar-refractivity contribution < 1.29 is 19.0 Å². The summed E-state index contributed by atoms with van der Waals surface area (Å²) in [5.41, 5.74) is 0.397. The van der Waals surface area contributed by atoms with Crippen LogP contribution in [0.1, 0.15) is 5.56 Å². The maximum Gasteiger partial charge on any atom is 0.330 e. The fraction of sp³-hybridized carbons (Fsp3) is 0.261. The Morgan fingerprint density at radius 1 is 1.15 bits per heavy atom. The largest absolute Gasteiger partial charge is 0.493 e. The maximum atomic E-state index is 12.8. The summed E-state index contributed by atoms with van der Waals surface area (Å²) in [5.74, 6) is 1.39. The van der Waals surface area contributed by atoms with Crippen LogP contribution in [0.3, 0.4) is 0 Å². The molecule has 1 atom stereocenters. The van der Waals surface area contributed by atoms with E-state index < -0.39 is 24.0 Å². The molecule has 1 unspecified atom stereocenters. The van der Waals surface area contributed by atoms with E-state index in [1.807, 2.05) is 30.3 Å². The van der Waals surface area contributed by atoms with Crippen molar-refractivity contribution in [1.29, 1.82) is 0 Å². The van der Waals surface area contributed by atoms with E-state index in [0.717, 1.165) is 10.1 Å². The molecule has 0 spiro atoms. The van der Waals surface area contributed by atoms with Gasteiger partial charge in [-0.1, -0.05) is 30.3 Å². The number of aryl methyl sites for hydroxylation is 1. The molecular formula is C23H23FN4O5. The van der Waals surface area contributed by atoms with Crippen molar-refractivity contribution in [3.8, 4) is 22.9 Å². The van der Waals surface area contributed by atoms with Gasteiger partial charge in [0.2, 0.25) is 0 Å². The first-order valence-electron chi connectivity index (χ1n) is 10.2. The first-order chi connectivity index (χ1) is 15.9. The highest BCUT2D eigenvalue weighted by Gasteiger charge is 2.20. The Hall–Kier alpha value is -3.92. The molecule has 0 fully saturated rings. The van der Waals surface area contributed by atoms with E-state index in [-0.39, 0.29) is 17.7 Å². The minimum Gasteiger partial charge on any atom is -0.493 e. The van der Waals surface area contributed by atoms with Crippen LogP contribution in [0.15, 0.2) is 58.1 Å². The van der Waals surface area contributed by atoms with Crippen LogP contribution in [0.2, 0.25) is 0 Å². The Balaban J connectivity index is 1.74. The molecule has 0 aliphatic rings. The lowest BCUT2D eigenvalue weighted by Crippen LogP contribution is -2.34. The molecule has 4 aromatic rings. The first kappa shape index (κ1) is 22.3. The van der Waals surface area contributed by atoms with Crippen molar-refractivity contribution >= 4 is 11.2 Å². The Labute approximate surface area is 187 Å². The van der Waals surface area contributed by atoms with Gasteiger partial charge in [0.1, 0.15) is 25.2 Å². The molecule has 2 heterocycles. The molecular weight excluding hydrogens is 431 g/mol. The van der Waals surface area contributed by atoms with Gasteiger partial charge in [0.05, 0.1) is 13.7 Å². The molecule has 9 nitrogen and oxygen atoms in total. The summed E-state index contributed by atoms with van der Waals surface area (Å²) in [6.07, 6.45) is -1.40. The number of aliphatic hydroxyl groups excluding tert-OH is 1. The number of nitrogens with one attached hydrogen (secondary N) is 1. The van der Waals surface area contributed by atoms with Crippen LogP contribution in [0.4, 0.5) is 4.39 Å². The zero-order chi connectivity index (χ0) is 23.5. The summed E-state index contributed by atoms with van der Waals surface area (Å²) in [6.45, 7) is -1.01. The van der Waals surface area contributed by atoms with Crippen molar-refractivity contribution in [3.63, 3.8) is 0 Å². The number of benzene rings is 2. The zero-order valence-corrected chi connectivity index (χ0v) is 18.1. The van der Waals surface area contributed by atoms with Crippen LogP contribution in [-0.4, -0.2) is 44.1 Å². The third-order valence-electron chi connectivity index (χ3n) is 5.24. The highest BCUT2D eigenvalue weighted by molar-refractivity contribution is 5.77. The quantitative estimate of drug-likeness (QED) is 0.421. The molecule has 0 amide bonds. The van der Waals surface area contributed by atoms with Gasteiger partial charge in [0, 0.05) is 12.6 Å². The van der Waals surface area contributed by atoms with Crippen molar-refractivity contribution in [2.24, 2.45) is 7.05 Å². The van der Waals surface area contributed by atoms with Gasteiger partial charge in [-0.2, -0.15) is 0 Å². The molecule has 0 radical (unpaired) electrons. The summed E-state index contributed by atoms with van der Waals surface area (Å²) < 4.78 is 26.8. The van der Waals surface area contributed by atoms with Crippen LogP contribution in [0, 0.1) is 0 Å². The highest BCUT2D eigenvalue weighted by Crippen LogP contribution is 2.33. The Morgan fingerprint density at radius 2 is 1.91 bits per heavy atom. The predicted molar refractivity (Wildman–Crippen MR) is 120 cm³/mol. The zero-order valence-electron chi connectivity index (χ0n) is 18.1. The van der Waals surface area contributed by atoms with Crippen molar-refractivity contribution in [2.75, 3.05) is 13.8 Å². The van der Waals surface area contributed by atoms with E-state index in [4.69, 9.17) is 9.47 Å². The fourth-order valence-corrected chi connectivity index (χ4v) is 3.59. The highest BCUT2D eigenvalue weighted by atomic mass is 19.1. The number of hydrogen-bond acceptors (Lipinski definition) is 6. The normalized spacial score (nSPS) is 12.1. The van der Waals surface area contributed by atoms with E-state index in [2.05, 4.69) is 9.97 Å². The standard InChI is InChI=1S/C23H23FN4O5/c1-27-19-21(28(12-16(29)11-24)23(31)26-22(19)30)25-20(27)15-8-9-17(18(10-15)32-2)33-13-14-6-4-3-5-7-14/h3-10,16,29H,11-13H2,1-2H3,(H,26,30,31). The Bertz CT molecular complexity index is 1390. The van der Waals surface area contributed by atoms with E-state index in [0.29, 0.717) is 29.5 Å². The molecule has 2 aromatic heterocycles. The number of hydrogen-bond donors (Lipinski definition) is 2. The third kappa shape index (κ3) is 4.37. The molecule has 0 bridgehead atoms. The Morgan fingerprint density at radius 3 is 2.61 bits per heavy atom. The molecule has 2 N–H and O–H groups in total. The van der Waals surface area contributed by atoms with E-state index in [9.17, 15) is 19.1 Å². The smallest absolute Gasteiger partial charge is 0.330 e. The number of aromatic nitrogens is 4. The number of halogens is 1. The molecule has 2 aromatic carbocycles. The number of aromatic amines is 1. The lowest BCUT2D eigenvalue weighted by Gasteiger charge is -2.12. The van der Waals surface area contributed by atoms with Gasteiger partial charge in [-0.3, -0.25) is 14.3 Å². The van der Waals surface area contributed by atoms with Crippen LogP contribution < -0.4 is 20.7 Å². The summed E-state index contributed by atoms with van der Waals surface area (Å²) in [4.78, 5) is 31.4. The summed E-state index contributed by atoms with van der Waals surface area (Å²) in [5, 5.41) is 9.70. The monoisotopic (exact) mass is 454 g/mol. The second kappa shape index (κ2) is 9.29. The molecule has 10 heteroatoms. The van der Waals surface area contributed by atoms with Gasteiger partial charge in [-0.15, -0.1) is 0 Å². The maximum absolute atomic E-state index is 12.8. The SMILES string of the molecule is COc1cc(-c2nc3c(c(=O)[nH]c(=O)n3CC(O)CF)n2C)ccc1OCc1ccccc1. The van der Waals surface area contributed by atoms with Gasteiger partial charge in [0.15, 0.2) is 22.7 Å². The lowest BCUT2D eigenvalue weighted by atomic mass is 10.2.